The van der Waals surface area contributed by atoms with Crippen LogP contribution in [0, 0.1) is 10.1 Å². The summed E-state index contributed by atoms with van der Waals surface area (Å²) in [5.41, 5.74) is 3.46. The summed E-state index contributed by atoms with van der Waals surface area (Å²) in [4.78, 5) is 26.4. The average molecular weight is 393 g/mol. The van der Waals surface area contributed by atoms with Crippen molar-refractivity contribution in [1.29, 1.82) is 0 Å². The molecule has 1 amide bonds. The molecule has 1 N–H and O–H groups in total. The normalized spacial score (nSPS) is 11.0. The van der Waals surface area contributed by atoms with Gasteiger partial charge in [0.2, 0.25) is 0 Å². The van der Waals surface area contributed by atoms with E-state index >= 15 is 0 Å². The number of methoxy groups -OCH3 is 1. The summed E-state index contributed by atoms with van der Waals surface area (Å²) in [7, 11) is 1.36. The quantitative estimate of drug-likeness (QED) is 0.478. The summed E-state index contributed by atoms with van der Waals surface area (Å²) in [6.45, 7) is 1.63. The number of aromatic nitrogens is 1. The van der Waals surface area contributed by atoms with Crippen LogP contribution in [0.1, 0.15) is 22.8 Å². The van der Waals surface area contributed by atoms with Crippen LogP contribution in [0.3, 0.4) is 0 Å². The number of ether oxygens (including phenoxy) is 1. The zero-order chi connectivity index (χ0) is 17.7. The van der Waals surface area contributed by atoms with Crippen molar-refractivity contribution in [2.24, 2.45) is 5.10 Å². The van der Waals surface area contributed by atoms with E-state index in [4.69, 9.17) is 4.74 Å². The molecule has 1 heterocycles. The van der Waals surface area contributed by atoms with Crippen molar-refractivity contribution in [3.8, 4) is 5.75 Å². The number of carbonyl (C=O) groups excluding carboxylic acids is 1. The van der Waals surface area contributed by atoms with Crippen LogP contribution >= 0.6 is 15.9 Å². The van der Waals surface area contributed by atoms with Crippen LogP contribution in [-0.4, -0.2) is 28.6 Å². The Hall–Kier alpha value is -2.81. The Labute approximate surface area is 145 Å². The predicted octanol–water partition coefficient (Wildman–Crippen LogP) is 2.91. The summed E-state index contributed by atoms with van der Waals surface area (Å²) in [5.74, 6) is -0.285. The number of hydrogen-bond acceptors (Lipinski definition) is 6. The Morgan fingerprint density at radius 1 is 1.33 bits per heavy atom. The van der Waals surface area contributed by atoms with Gasteiger partial charge < -0.3 is 4.74 Å². The van der Waals surface area contributed by atoms with Gasteiger partial charge in [-0.1, -0.05) is 0 Å². The third-order valence-corrected chi connectivity index (χ3v) is 3.52. The average Bonchev–Trinajstić information content (AvgIpc) is 2.58. The molecule has 0 saturated carbocycles. The summed E-state index contributed by atoms with van der Waals surface area (Å²) >= 11 is 3.23. The third kappa shape index (κ3) is 4.13. The summed E-state index contributed by atoms with van der Waals surface area (Å²) in [6, 6.07) is 6.04. The first kappa shape index (κ1) is 17.5. The molecular weight excluding hydrogens is 380 g/mol. The van der Waals surface area contributed by atoms with Crippen molar-refractivity contribution < 1.29 is 14.5 Å². The van der Waals surface area contributed by atoms with Crippen LogP contribution < -0.4 is 10.2 Å². The zero-order valence-corrected chi connectivity index (χ0v) is 14.4. The van der Waals surface area contributed by atoms with Gasteiger partial charge in [-0.3, -0.25) is 19.9 Å². The fraction of sp³-hybridized carbons (Fsp3) is 0.133. The fourth-order valence-electron chi connectivity index (χ4n) is 1.86. The minimum atomic E-state index is -0.540. The Morgan fingerprint density at radius 2 is 2.08 bits per heavy atom. The number of rotatable bonds is 5. The van der Waals surface area contributed by atoms with Gasteiger partial charge in [0, 0.05) is 28.5 Å². The van der Waals surface area contributed by atoms with Crippen molar-refractivity contribution in [2.75, 3.05) is 7.11 Å². The number of nitro benzene ring substituents is 1. The monoisotopic (exact) mass is 392 g/mol. The highest BCUT2D eigenvalue weighted by atomic mass is 79.9. The summed E-state index contributed by atoms with van der Waals surface area (Å²) in [5, 5.41) is 15.0. The molecule has 124 valence electrons. The van der Waals surface area contributed by atoms with Gasteiger partial charge in [0.25, 0.3) is 5.91 Å². The number of carbonyl (C=O) groups is 1. The standard InChI is InChI=1S/C15H13BrN4O4/c1-9(10-3-4-14(24-2)13(6-10)20(22)23)18-19-15(21)11-5-12(16)8-17-7-11/h3-8H,1-2H3,(H,19,21). The number of nitro groups is 1. The summed E-state index contributed by atoms with van der Waals surface area (Å²) < 4.78 is 5.61. The van der Waals surface area contributed by atoms with E-state index in [1.54, 1.807) is 25.3 Å². The Morgan fingerprint density at radius 3 is 2.71 bits per heavy atom. The molecule has 0 fully saturated rings. The van der Waals surface area contributed by atoms with E-state index in [1.807, 2.05) is 0 Å². The number of nitrogens with zero attached hydrogens (tertiary/aromatic N) is 3. The molecule has 1 aromatic carbocycles. The second-order valence-electron chi connectivity index (χ2n) is 4.67. The lowest BCUT2D eigenvalue weighted by atomic mass is 10.1. The first-order valence-corrected chi connectivity index (χ1v) is 7.49. The molecule has 0 bridgehead atoms. The number of benzene rings is 1. The van der Waals surface area contributed by atoms with E-state index in [1.165, 1.54) is 25.4 Å². The smallest absolute Gasteiger partial charge is 0.311 e. The van der Waals surface area contributed by atoms with Crippen LogP contribution in [0.15, 0.2) is 46.2 Å². The molecule has 0 aliphatic rings. The van der Waals surface area contributed by atoms with Crippen molar-refractivity contribution in [3.05, 3.63) is 62.4 Å². The maximum atomic E-state index is 12.0. The van der Waals surface area contributed by atoms with Gasteiger partial charge >= 0.3 is 5.69 Å². The van der Waals surface area contributed by atoms with E-state index in [2.05, 4.69) is 31.4 Å². The van der Waals surface area contributed by atoms with E-state index in [9.17, 15) is 14.9 Å². The highest BCUT2D eigenvalue weighted by molar-refractivity contribution is 9.10. The summed E-state index contributed by atoms with van der Waals surface area (Å²) in [6.07, 6.45) is 2.96. The largest absolute Gasteiger partial charge is 0.490 e. The lowest BCUT2D eigenvalue weighted by Gasteiger charge is -2.05. The van der Waals surface area contributed by atoms with Crippen LogP contribution in [0.5, 0.6) is 5.75 Å². The number of nitrogens with one attached hydrogen (secondary N) is 1. The van der Waals surface area contributed by atoms with Gasteiger partial charge in [-0.15, -0.1) is 0 Å². The molecule has 0 saturated heterocycles. The molecule has 0 spiro atoms. The molecule has 0 atom stereocenters. The first-order chi connectivity index (χ1) is 11.4. The molecule has 0 aliphatic heterocycles. The maximum absolute atomic E-state index is 12.0. The first-order valence-electron chi connectivity index (χ1n) is 6.70. The molecule has 9 heteroatoms. The Balaban J connectivity index is 2.20. The van der Waals surface area contributed by atoms with E-state index < -0.39 is 10.8 Å². The van der Waals surface area contributed by atoms with Crippen LogP contribution in [-0.2, 0) is 0 Å². The minimum absolute atomic E-state index is 0.154. The van der Waals surface area contributed by atoms with Gasteiger partial charge in [-0.25, -0.2) is 5.43 Å². The molecule has 2 aromatic rings. The second-order valence-corrected chi connectivity index (χ2v) is 5.59. The molecule has 8 nitrogen and oxygen atoms in total. The molecule has 24 heavy (non-hydrogen) atoms. The molecular formula is C15H13BrN4O4. The predicted molar refractivity (Wildman–Crippen MR) is 91.3 cm³/mol. The van der Waals surface area contributed by atoms with E-state index in [0.717, 1.165) is 0 Å². The van der Waals surface area contributed by atoms with Crippen molar-refractivity contribution in [1.82, 2.24) is 10.4 Å². The van der Waals surface area contributed by atoms with Crippen LogP contribution in [0.25, 0.3) is 0 Å². The van der Waals surface area contributed by atoms with E-state index in [-0.39, 0.29) is 11.4 Å². The van der Waals surface area contributed by atoms with Gasteiger partial charge in [0.05, 0.1) is 23.3 Å². The fourth-order valence-corrected chi connectivity index (χ4v) is 2.22. The zero-order valence-electron chi connectivity index (χ0n) is 12.8. The van der Waals surface area contributed by atoms with Crippen molar-refractivity contribution >= 4 is 33.2 Å². The lowest BCUT2D eigenvalue weighted by molar-refractivity contribution is -0.385. The molecule has 0 radical (unpaired) electrons. The number of hydrogen-bond donors (Lipinski definition) is 1. The minimum Gasteiger partial charge on any atom is -0.490 e. The van der Waals surface area contributed by atoms with E-state index in [0.29, 0.717) is 21.3 Å². The maximum Gasteiger partial charge on any atom is 0.311 e. The molecule has 0 unspecified atom stereocenters. The molecule has 0 aliphatic carbocycles. The number of amides is 1. The van der Waals surface area contributed by atoms with Gasteiger partial charge in [0.15, 0.2) is 5.75 Å². The Kier molecular flexibility index (Phi) is 5.59. The highest BCUT2D eigenvalue weighted by Crippen LogP contribution is 2.27. The Bertz CT molecular complexity index is 823. The third-order valence-electron chi connectivity index (χ3n) is 3.09. The molecule has 2 rings (SSSR count). The van der Waals surface area contributed by atoms with Crippen LogP contribution in [0.4, 0.5) is 5.69 Å². The van der Waals surface area contributed by atoms with Crippen molar-refractivity contribution in [3.63, 3.8) is 0 Å². The van der Waals surface area contributed by atoms with Gasteiger partial charge in [0.1, 0.15) is 0 Å². The lowest BCUT2D eigenvalue weighted by Crippen LogP contribution is -2.19. The van der Waals surface area contributed by atoms with Crippen LogP contribution in [0.2, 0.25) is 0 Å². The molecule has 1 aromatic heterocycles. The number of hydrazone groups is 1. The second kappa shape index (κ2) is 7.64. The highest BCUT2D eigenvalue weighted by Gasteiger charge is 2.16. The SMILES string of the molecule is COc1ccc(C(C)=NNC(=O)c2cncc(Br)c2)cc1[N+](=O)[O-]. The van der Waals surface area contributed by atoms with Gasteiger partial charge in [-0.05, 0) is 41.1 Å². The topological polar surface area (TPSA) is 107 Å². The number of halogens is 1. The number of pyridine rings is 1. The van der Waals surface area contributed by atoms with Gasteiger partial charge in [-0.2, -0.15) is 5.10 Å². The van der Waals surface area contributed by atoms with Crippen molar-refractivity contribution in [2.45, 2.75) is 6.92 Å².